The molecule has 2 aliphatic heterocycles. The van der Waals surface area contributed by atoms with Gasteiger partial charge in [0.2, 0.25) is 5.28 Å². The average Bonchev–Trinajstić information content (AvgIpc) is 3.39. The minimum atomic E-state index is 0.376. The maximum absolute atomic E-state index is 6.25. The maximum atomic E-state index is 6.25. The van der Waals surface area contributed by atoms with Crippen LogP contribution in [0.25, 0.3) is 0 Å². The van der Waals surface area contributed by atoms with Gasteiger partial charge in [-0.3, -0.25) is 4.90 Å². The van der Waals surface area contributed by atoms with Crippen LogP contribution >= 0.6 is 11.6 Å². The Labute approximate surface area is 185 Å². The van der Waals surface area contributed by atoms with Gasteiger partial charge in [-0.25, -0.2) is 9.97 Å². The number of anilines is 1. The third-order valence-electron chi connectivity index (χ3n) is 5.72. The number of nitrogens with one attached hydrogen (secondary N) is 1. The van der Waals surface area contributed by atoms with Gasteiger partial charge in [-0.05, 0) is 42.5 Å². The van der Waals surface area contributed by atoms with E-state index in [1.807, 2.05) is 13.8 Å². The minimum Gasteiger partial charge on any atom is -0.354 e. The van der Waals surface area contributed by atoms with E-state index in [1.165, 1.54) is 29.5 Å². The predicted molar refractivity (Wildman–Crippen MR) is 125 cm³/mol. The average molecular weight is 426 g/mol. The van der Waals surface area contributed by atoms with E-state index >= 15 is 0 Å². The van der Waals surface area contributed by atoms with Crippen molar-refractivity contribution in [3.05, 3.63) is 51.9 Å². The van der Waals surface area contributed by atoms with Crippen LogP contribution in [0.5, 0.6) is 0 Å². The molecule has 6 heteroatoms. The van der Waals surface area contributed by atoms with Gasteiger partial charge < -0.3 is 10.2 Å². The number of nitrogens with zero attached hydrogens (tertiary/aromatic N) is 4. The molecule has 1 unspecified atom stereocenters. The Hall–Kier alpha value is -2.13. The van der Waals surface area contributed by atoms with Crippen molar-refractivity contribution in [3.63, 3.8) is 0 Å². The zero-order valence-electron chi connectivity index (χ0n) is 18.3. The molecule has 160 valence electrons. The Morgan fingerprint density at radius 2 is 1.83 bits per heavy atom. The molecule has 3 aliphatic rings. The smallest absolute Gasteiger partial charge is 0.224 e. The number of benzene rings is 1. The van der Waals surface area contributed by atoms with Gasteiger partial charge in [-0.15, -0.1) is 12.3 Å². The zero-order valence-corrected chi connectivity index (χ0v) is 19.0. The Morgan fingerprint density at radius 1 is 1.13 bits per heavy atom. The Kier molecular flexibility index (Phi) is 8.09. The van der Waals surface area contributed by atoms with E-state index in [9.17, 15) is 0 Å². The molecule has 0 spiro atoms. The molecule has 2 aromatic rings. The molecule has 1 N–H and O–H groups in total. The van der Waals surface area contributed by atoms with Gasteiger partial charge >= 0.3 is 0 Å². The highest BCUT2D eigenvalue weighted by Crippen LogP contribution is 2.41. The van der Waals surface area contributed by atoms with Gasteiger partial charge in [0.05, 0.1) is 5.69 Å². The summed E-state index contributed by atoms with van der Waals surface area (Å²) < 4.78 is 0. The van der Waals surface area contributed by atoms with E-state index in [0.29, 0.717) is 11.3 Å². The van der Waals surface area contributed by atoms with Crippen LogP contribution in [0.15, 0.2) is 24.3 Å². The molecule has 30 heavy (non-hydrogen) atoms. The number of terminal acetylenes is 1. The first-order valence-corrected chi connectivity index (χ1v) is 11.3. The molecule has 0 saturated carbocycles. The van der Waals surface area contributed by atoms with Crippen molar-refractivity contribution in [2.24, 2.45) is 0 Å². The van der Waals surface area contributed by atoms with Crippen molar-refractivity contribution in [3.8, 4) is 12.3 Å². The summed E-state index contributed by atoms with van der Waals surface area (Å²) in [5, 5.41) is 3.78. The van der Waals surface area contributed by atoms with Gasteiger partial charge in [0.25, 0.3) is 0 Å². The highest BCUT2D eigenvalue weighted by Gasteiger charge is 2.35. The van der Waals surface area contributed by atoms with Crippen LogP contribution in [0.2, 0.25) is 5.28 Å². The summed E-state index contributed by atoms with van der Waals surface area (Å²) in [6.07, 6.45) is 6.96. The lowest BCUT2D eigenvalue weighted by molar-refractivity contribution is 0.199. The normalized spacial score (nSPS) is 19.6. The van der Waals surface area contributed by atoms with E-state index in [4.69, 9.17) is 11.6 Å². The van der Waals surface area contributed by atoms with Crippen molar-refractivity contribution in [1.82, 2.24) is 20.2 Å². The van der Waals surface area contributed by atoms with Crippen molar-refractivity contribution < 1.29 is 0 Å². The van der Waals surface area contributed by atoms with E-state index in [2.05, 4.69) is 61.7 Å². The van der Waals surface area contributed by atoms with Crippen LogP contribution in [0.4, 0.5) is 5.82 Å². The number of fused-ring (bicyclic) bond motifs is 2. The maximum Gasteiger partial charge on any atom is 0.224 e. The standard InChI is InChI=1S/C19H22ClN5.C3H4.C2H6/c20-19-22-16-12-25(17-6-5-13-3-1-2-4-14(13)17)11-15(16)18(23-19)24-9-7-21-8-10-24;1-3-2;1-2/h1-4,17,21H,5-12H2;1H,2H3;1-2H3. The molecule has 1 saturated heterocycles. The van der Waals surface area contributed by atoms with Gasteiger partial charge in [-0.1, -0.05) is 38.1 Å². The lowest BCUT2D eigenvalue weighted by Crippen LogP contribution is -2.44. The second-order valence-corrected chi connectivity index (χ2v) is 7.76. The van der Waals surface area contributed by atoms with E-state index in [0.717, 1.165) is 50.8 Å². The molecule has 0 radical (unpaired) electrons. The fourth-order valence-corrected chi connectivity index (χ4v) is 4.69. The second-order valence-electron chi connectivity index (χ2n) is 7.43. The first-order valence-electron chi connectivity index (χ1n) is 10.9. The molecule has 1 fully saturated rings. The highest BCUT2D eigenvalue weighted by atomic mass is 35.5. The summed E-state index contributed by atoms with van der Waals surface area (Å²) in [5.41, 5.74) is 5.36. The monoisotopic (exact) mass is 425 g/mol. The topological polar surface area (TPSA) is 44.3 Å². The van der Waals surface area contributed by atoms with Gasteiger partial charge in [0.15, 0.2) is 0 Å². The first kappa shape index (κ1) is 22.6. The van der Waals surface area contributed by atoms with Crippen molar-refractivity contribution in [2.45, 2.75) is 52.7 Å². The van der Waals surface area contributed by atoms with E-state index in [1.54, 1.807) is 6.92 Å². The first-order chi connectivity index (χ1) is 14.7. The lowest BCUT2D eigenvalue weighted by atomic mass is 10.1. The highest BCUT2D eigenvalue weighted by molar-refractivity contribution is 6.28. The van der Waals surface area contributed by atoms with E-state index < -0.39 is 0 Å². The zero-order chi connectivity index (χ0) is 21.5. The number of aromatic nitrogens is 2. The Bertz CT molecular complexity index is 886. The molecule has 5 rings (SSSR count). The fourth-order valence-electron chi connectivity index (χ4n) is 4.50. The Balaban J connectivity index is 0.000000473. The van der Waals surface area contributed by atoms with Crippen LogP contribution in [-0.4, -0.2) is 41.0 Å². The third kappa shape index (κ3) is 4.78. The number of halogens is 1. The summed E-state index contributed by atoms with van der Waals surface area (Å²) in [6, 6.07) is 9.34. The number of piperazine rings is 1. The van der Waals surface area contributed by atoms with E-state index in [-0.39, 0.29) is 0 Å². The molecular weight excluding hydrogens is 394 g/mol. The van der Waals surface area contributed by atoms with Crippen LogP contribution in [0.1, 0.15) is 55.6 Å². The second kappa shape index (κ2) is 10.8. The SMILES string of the molecule is C#CC.CC.Clc1nc2c(c(N3CCNCC3)n1)CN(C1CCc3ccccc31)C2. The Morgan fingerprint density at radius 3 is 2.57 bits per heavy atom. The van der Waals surface area contributed by atoms with Crippen molar-refractivity contribution >= 4 is 17.4 Å². The van der Waals surface area contributed by atoms with Crippen molar-refractivity contribution in [1.29, 1.82) is 0 Å². The quantitative estimate of drug-likeness (QED) is 0.576. The summed E-state index contributed by atoms with van der Waals surface area (Å²) in [5.74, 6) is 3.30. The van der Waals surface area contributed by atoms with Gasteiger partial charge in [-0.2, -0.15) is 0 Å². The summed E-state index contributed by atoms with van der Waals surface area (Å²) in [4.78, 5) is 14.1. The molecule has 1 atom stereocenters. The van der Waals surface area contributed by atoms with Crippen molar-refractivity contribution in [2.75, 3.05) is 31.1 Å². The fraction of sp³-hybridized carbons (Fsp3) is 0.500. The summed E-state index contributed by atoms with van der Waals surface area (Å²) in [7, 11) is 0. The minimum absolute atomic E-state index is 0.376. The molecule has 5 nitrogen and oxygen atoms in total. The van der Waals surface area contributed by atoms with Crippen LogP contribution in [0, 0.1) is 12.3 Å². The number of hydrogen-bond donors (Lipinski definition) is 1. The number of hydrogen-bond acceptors (Lipinski definition) is 5. The van der Waals surface area contributed by atoms with Crippen LogP contribution in [0.3, 0.4) is 0 Å². The molecule has 0 bridgehead atoms. The molecular formula is C24H32ClN5. The van der Waals surface area contributed by atoms with Crippen LogP contribution in [-0.2, 0) is 19.5 Å². The molecule has 1 aliphatic carbocycles. The number of rotatable bonds is 2. The predicted octanol–water partition coefficient (Wildman–Crippen LogP) is 4.21. The summed E-state index contributed by atoms with van der Waals surface area (Å²) >= 11 is 6.25. The molecule has 0 amide bonds. The number of aryl methyl sites for hydroxylation is 1. The van der Waals surface area contributed by atoms with Gasteiger partial charge in [0.1, 0.15) is 5.82 Å². The third-order valence-corrected chi connectivity index (χ3v) is 5.89. The molecule has 3 heterocycles. The largest absolute Gasteiger partial charge is 0.354 e. The molecule has 1 aromatic heterocycles. The molecule has 1 aromatic carbocycles. The summed E-state index contributed by atoms with van der Waals surface area (Å²) in [6.45, 7) is 11.4. The van der Waals surface area contributed by atoms with Crippen LogP contribution < -0.4 is 10.2 Å². The lowest BCUT2D eigenvalue weighted by Gasteiger charge is -2.30. The van der Waals surface area contributed by atoms with Gasteiger partial charge in [0, 0.05) is 50.9 Å².